The number of H-pyrrole nitrogens is 2. The minimum absolute atomic E-state index is 0.140. The summed E-state index contributed by atoms with van der Waals surface area (Å²) in [5.41, 5.74) is 2.49. The van der Waals surface area contributed by atoms with Crippen LogP contribution < -0.4 is 11.2 Å². The van der Waals surface area contributed by atoms with E-state index in [1.807, 2.05) is 6.07 Å². The Labute approximate surface area is 178 Å². The van der Waals surface area contributed by atoms with E-state index in [2.05, 4.69) is 34.2 Å². The zero-order chi connectivity index (χ0) is 20.4. The van der Waals surface area contributed by atoms with Gasteiger partial charge in [-0.1, -0.05) is 59.6 Å². The quantitative estimate of drug-likeness (QED) is 0.583. The second kappa shape index (κ2) is 8.60. The zero-order valence-electron chi connectivity index (χ0n) is 15.9. The number of benzene rings is 2. The summed E-state index contributed by atoms with van der Waals surface area (Å²) in [6.07, 6.45) is 4.18. The van der Waals surface area contributed by atoms with Gasteiger partial charge >= 0.3 is 5.69 Å². The monoisotopic (exact) mass is 428 g/mol. The average Bonchev–Trinajstić information content (AvgIpc) is 2.72. The summed E-state index contributed by atoms with van der Waals surface area (Å²) in [6.45, 7) is 0. The third-order valence-corrected chi connectivity index (χ3v) is 6.60. The van der Waals surface area contributed by atoms with Crippen LogP contribution in [-0.4, -0.2) is 9.97 Å². The Morgan fingerprint density at radius 2 is 1.38 bits per heavy atom. The van der Waals surface area contributed by atoms with Gasteiger partial charge < -0.3 is 4.98 Å². The van der Waals surface area contributed by atoms with Crippen molar-refractivity contribution in [1.82, 2.24) is 9.97 Å². The molecule has 29 heavy (non-hydrogen) atoms. The lowest BCUT2D eigenvalue weighted by atomic mass is 9.76. The smallest absolute Gasteiger partial charge is 0.311 e. The minimum atomic E-state index is -0.468. The van der Waals surface area contributed by atoms with E-state index in [1.54, 1.807) is 18.2 Å². The van der Waals surface area contributed by atoms with Crippen LogP contribution in [0.3, 0.4) is 0 Å². The van der Waals surface area contributed by atoms with Gasteiger partial charge in [-0.3, -0.25) is 9.78 Å². The molecule has 1 aromatic heterocycles. The lowest BCUT2D eigenvalue weighted by Crippen LogP contribution is -2.30. The minimum Gasteiger partial charge on any atom is -0.311 e. The third kappa shape index (κ3) is 4.34. The van der Waals surface area contributed by atoms with Gasteiger partial charge in [-0.2, -0.15) is 0 Å². The second-order valence-corrected chi connectivity index (χ2v) is 8.45. The number of halogens is 2. The lowest BCUT2D eigenvalue weighted by Gasteiger charge is -2.29. The molecule has 0 aliphatic heterocycles. The largest absolute Gasteiger partial charge is 0.325 e. The molecule has 0 atom stereocenters. The maximum absolute atomic E-state index is 12.7. The standard InChI is InChI=1S/C23H22Cl2N2O2/c24-19-7-4-8-20(25)17(19)13-18-21(26-23(29)27-22(18)28)16-11-9-15(10-12-16)14-5-2-1-3-6-14/h1-8,15-16H,9-13H2,(H2,26,27,28,29)/t15-,16-. The normalized spacial score (nSPS) is 19.2. The van der Waals surface area contributed by atoms with Gasteiger partial charge in [-0.05, 0) is 60.8 Å². The van der Waals surface area contributed by atoms with Crippen molar-refractivity contribution in [3.05, 3.63) is 102 Å². The molecule has 0 radical (unpaired) electrons. The van der Waals surface area contributed by atoms with Crippen molar-refractivity contribution >= 4 is 23.2 Å². The van der Waals surface area contributed by atoms with Crippen molar-refractivity contribution in [2.45, 2.75) is 43.9 Å². The molecule has 6 heteroatoms. The summed E-state index contributed by atoms with van der Waals surface area (Å²) in [5, 5.41) is 1.03. The van der Waals surface area contributed by atoms with Crippen LogP contribution in [0, 0.1) is 0 Å². The highest BCUT2D eigenvalue weighted by molar-refractivity contribution is 6.36. The molecule has 2 N–H and O–H groups in total. The van der Waals surface area contributed by atoms with E-state index in [-0.39, 0.29) is 11.5 Å². The van der Waals surface area contributed by atoms with Crippen molar-refractivity contribution in [3.63, 3.8) is 0 Å². The Morgan fingerprint density at radius 1 is 0.759 bits per heavy atom. The number of rotatable bonds is 4. The molecule has 150 valence electrons. The van der Waals surface area contributed by atoms with E-state index in [9.17, 15) is 9.59 Å². The maximum Gasteiger partial charge on any atom is 0.325 e. The molecule has 0 spiro atoms. The number of hydrogen-bond acceptors (Lipinski definition) is 2. The van der Waals surface area contributed by atoms with Crippen LogP contribution in [-0.2, 0) is 6.42 Å². The van der Waals surface area contributed by atoms with Crippen molar-refractivity contribution in [2.75, 3.05) is 0 Å². The van der Waals surface area contributed by atoms with Gasteiger partial charge in [-0.25, -0.2) is 4.79 Å². The first kappa shape index (κ1) is 20.0. The average molecular weight is 429 g/mol. The number of aromatic amines is 2. The van der Waals surface area contributed by atoms with Crippen LogP contribution in [0.1, 0.15) is 59.9 Å². The lowest BCUT2D eigenvalue weighted by molar-refractivity contribution is 0.388. The van der Waals surface area contributed by atoms with Gasteiger partial charge in [0.05, 0.1) is 0 Å². The van der Waals surface area contributed by atoms with Gasteiger partial charge in [0.25, 0.3) is 5.56 Å². The highest BCUT2D eigenvalue weighted by atomic mass is 35.5. The summed E-state index contributed by atoms with van der Waals surface area (Å²) >= 11 is 12.6. The molecule has 1 aliphatic rings. The number of hydrogen-bond donors (Lipinski definition) is 2. The van der Waals surface area contributed by atoms with Crippen LogP contribution in [0.25, 0.3) is 0 Å². The Morgan fingerprint density at radius 3 is 2.03 bits per heavy atom. The molecule has 4 nitrogen and oxygen atoms in total. The molecule has 0 unspecified atom stereocenters. The van der Waals surface area contributed by atoms with E-state index in [1.165, 1.54) is 5.56 Å². The topological polar surface area (TPSA) is 65.7 Å². The Bertz CT molecular complexity index is 1090. The molecule has 0 saturated heterocycles. The molecule has 1 saturated carbocycles. The zero-order valence-corrected chi connectivity index (χ0v) is 17.4. The third-order valence-electron chi connectivity index (χ3n) is 5.90. The summed E-state index contributed by atoms with van der Waals surface area (Å²) in [4.78, 5) is 29.9. The van der Waals surface area contributed by atoms with Crippen LogP contribution in [0.5, 0.6) is 0 Å². The van der Waals surface area contributed by atoms with Gasteiger partial charge in [0.15, 0.2) is 0 Å². The van der Waals surface area contributed by atoms with E-state index in [0.717, 1.165) is 31.4 Å². The van der Waals surface area contributed by atoms with Gasteiger partial charge in [0.1, 0.15) is 0 Å². The van der Waals surface area contributed by atoms with Gasteiger partial charge in [0.2, 0.25) is 0 Å². The number of aromatic nitrogens is 2. The Hall–Kier alpha value is -2.30. The van der Waals surface area contributed by atoms with Gasteiger partial charge in [0, 0.05) is 27.7 Å². The molecular weight excluding hydrogens is 407 g/mol. The Balaban J connectivity index is 1.63. The first-order chi connectivity index (χ1) is 14.0. The van der Waals surface area contributed by atoms with Crippen molar-refractivity contribution in [2.24, 2.45) is 0 Å². The first-order valence-electron chi connectivity index (χ1n) is 9.86. The fourth-order valence-corrected chi connectivity index (χ4v) is 4.90. The fraction of sp³-hybridized carbons (Fsp3) is 0.304. The molecule has 0 amide bonds. The Kier molecular flexibility index (Phi) is 5.93. The van der Waals surface area contributed by atoms with E-state index < -0.39 is 5.69 Å². The molecule has 1 aliphatic carbocycles. The molecule has 0 bridgehead atoms. The van der Waals surface area contributed by atoms with Gasteiger partial charge in [-0.15, -0.1) is 0 Å². The first-order valence-corrected chi connectivity index (χ1v) is 10.6. The van der Waals surface area contributed by atoms with Crippen LogP contribution in [0.15, 0.2) is 58.1 Å². The van der Waals surface area contributed by atoms with Crippen molar-refractivity contribution in [3.8, 4) is 0 Å². The molecule has 3 aromatic rings. The molecule has 1 heterocycles. The molecule has 2 aromatic carbocycles. The summed E-state index contributed by atoms with van der Waals surface area (Å²) < 4.78 is 0. The fourth-order valence-electron chi connectivity index (χ4n) is 4.37. The SMILES string of the molecule is O=c1[nH]c(=O)c(Cc2c(Cl)cccc2Cl)c([C@H]2CC[C@H](c3ccccc3)CC2)[nH]1. The van der Waals surface area contributed by atoms with Crippen LogP contribution in [0.4, 0.5) is 0 Å². The molecule has 4 rings (SSSR count). The second-order valence-electron chi connectivity index (χ2n) is 7.64. The molecular formula is C23H22Cl2N2O2. The summed E-state index contributed by atoms with van der Waals surface area (Å²) in [5.74, 6) is 0.656. The number of nitrogens with one attached hydrogen (secondary N) is 2. The van der Waals surface area contributed by atoms with Crippen molar-refractivity contribution < 1.29 is 0 Å². The summed E-state index contributed by atoms with van der Waals surface area (Å²) in [7, 11) is 0. The van der Waals surface area contributed by atoms with E-state index in [0.29, 0.717) is 33.5 Å². The highest BCUT2D eigenvalue weighted by Gasteiger charge is 2.27. The molecule has 1 fully saturated rings. The van der Waals surface area contributed by atoms with E-state index >= 15 is 0 Å². The highest BCUT2D eigenvalue weighted by Crippen LogP contribution is 2.40. The predicted molar refractivity (Wildman–Crippen MR) is 117 cm³/mol. The summed E-state index contributed by atoms with van der Waals surface area (Å²) in [6, 6.07) is 15.8. The van der Waals surface area contributed by atoms with Crippen LogP contribution in [0.2, 0.25) is 10.0 Å². The maximum atomic E-state index is 12.7. The van der Waals surface area contributed by atoms with Crippen molar-refractivity contribution in [1.29, 1.82) is 0 Å². The predicted octanol–water partition coefficient (Wildman–Crippen LogP) is 5.40. The van der Waals surface area contributed by atoms with Crippen LogP contribution >= 0.6 is 23.2 Å². The van der Waals surface area contributed by atoms with E-state index in [4.69, 9.17) is 23.2 Å².